The smallest absolute Gasteiger partial charge is 0.264 e. The average Bonchev–Trinajstić information content (AvgIpc) is 2.27. The second-order valence-electron chi connectivity index (χ2n) is 4.88. The highest BCUT2D eigenvalue weighted by Gasteiger charge is 2.12. The van der Waals surface area contributed by atoms with Gasteiger partial charge in [0, 0.05) is 0 Å². The summed E-state index contributed by atoms with van der Waals surface area (Å²) >= 11 is 0. The fourth-order valence-electron chi connectivity index (χ4n) is 2.25. The van der Waals surface area contributed by atoms with Crippen molar-refractivity contribution in [2.24, 2.45) is 0 Å². The van der Waals surface area contributed by atoms with Crippen LogP contribution in [0.4, 0.5) is 0 Å². The SMILES string of the molecule is Cc1c(C)c(C)c(CCOS(C)(=O)=O)c(C)c1C. The first kappa shape index (κ1) is 15.2. The lowest BCUT2D eigenvalue weighted by atomic mass is 9.88. The molecule has 0 aliphatic heterocycles. The van der Waals surface area contributed by atoms with Crippen molar-refractivity contribution < 1.29 is 12.6 Å². The lowest BCUT2D eigenvalue weighted by Gasteiger charge is -2.18. The molecule has 0 aliphatic carbocycles. The second kappa shape index (κ2) is 5.41. The van der Waals surface area contributed by atoms with Crippen LogP contribution in [0.3, 0.4) is 0 Å². The maximum absolute atomic E-state index is 11.0. The Bertz CT molecular complexity index is 528. The summed E-state index contributed by atoms with van der Waals surface area (Å²) in [6.45, 7) is 10.7. The summed E-state index contributed by atoms with van der Waals surface area (Å²) in [5, 5.41) is 0. The molecule has 4 heteroatoms. The number of rotatable bonds is 4. The van der Waals surface area contributed by atoms with E-state index in [1.54, 1.807) is 0 Å². The molecule has 1 rings (SSSR count). The molecule has 0 N–H and O–H groups in total. The van der Waals surface area contributed by atoms with Crippen molar-refractivity contribution in [3.63, 3.8) is 0 Å². The highest BCUT2D eigenvalue weighted by molar-refractivity contribution is 7.85. The zero-order valence-electron chi connectivity index (χ0n) is 12.0. The van der Waals surface area contributed by atoms with E-state index in [9.17, 15) is 8.42 Å². The van der Waals surface area contributed by atoms with Gasteiger partial charge in [0.2, 0.25) is 0 Å². The molecule has 3 nitrogen and oxygen atoms in total. The van der Waals surface area contributed by atoms with Crippen molar-refractivity contribution in [3.05, 3.63) is 33.4 Å². The molecule has 0 radical (unpaired) electrons. The second-order valence-corrected chi connectivity index (χ2v) is 6.52. The van der Waals surface area contributed by atoms with Crippen molar-refractivity contribution >= 4 is 10.1 Å². The Morgan fingerprint density at radius 2 is 1.22 bits per heavy atom. The Hall–Kier alpha value is -0.870. The van der Waals surface area contributed by atoms with E-state index in [0.29, 0.717) is 6.42 Å². The zero-order valence-corrected chi connectivity index (χ0v) is 12.9. The van der Waals surface area contributed by atoms with E-state index < -0.39 is 10.1 Å². The highest BCUT2D eigenvalue weighted by atomic mass is 32.2. The maximum Gasteiger partial charge on any atom is 0.264 e. The summed E-state index contributed by atoms with van der Waals surface area (Å²) in [4.78, 5) is 0. The fourth-order valence-corrected chi connectivity index (χ4v) is 2.63. The molecule has 0 amide bonds. The van der Waals surface area contributed by atoms with Gasteiger partial charge in [-0.05, 0) is 74.4 Å². The van der Waals surface area contributed by atoms with Gasteiger partial charge in [-0.25, -0.2) is 0 Å². The summed E-state index contributed by atoms with van der Waals surface area (Å²) in [5.74, 6) is 0. The molecule has 0 atom stereocenters. The summed E-state index contributed by atoms with van der Waals surface area (Å²) in [7, 11) is -3.35. The van der Waals surface area contributed by atoms with E-state index in [2.05, 4.69) is 34.6 Å². The number of benzene rings is 1. The third-order valence-corrected chi connectivity index (χ3v) is 4.40. The van der Waals surface area contributed by atoms with Crippen LogP contribution in [0, 0.1) is 34.6 Å². The van der Waals surface area contributed by atoms with Gasteiger partial charge in [-0.15, -0.1) is 0 Å². The van der Waals surface area contributed by atoms with Crippen LogP contribution in [0.5, 0.6) is 0 Å². The van der Waals surface area contributed by atoms with Crippen molar-refractivity contribution in [2.45, 2.75) is 41.0 Å². The van der Waals surface area contributed by atoms with E-state index in [1.165, 1.54) is 33.4 Å². The lowest BCUT2D eigenvalue weighted by Crippen LogP contribution is -2.10. The number of hydrogen-bond acceptors (Lipinski definition) is 3. The van der Waals surface area contributed by atoms with E-state index >= 15 is 0 Å². The first-order valence-electron chi connectivity index (χ1n) is 6.05. The van der Waals surface area contributed by atoms with Crippen LogP contribution in [-0.2, 0) is 20.7 Å². The van der Waals surface area contributed by atoms with Gasteiger partial charge in [-0.3, -0.25) is 4.18 Å². The minimum atomic E-state index is -3.35. The largest absolute Gasteiger partial charge is 0.270 e. The van der Waals surface area contributed by atoms with E-state index in [1.807, 2.05) is 0 Å². The van der Waals surface area contributed by atoms with Crippen molar-refractivity contribution in [3.8, 4) is 0 Å². The molecule has 0 aromatic heterocycles. The first-order chi connectivity index (χ1) is 8.15. The Kier molecular flexibility index (Phi) is 4.56. The summed E-state index contributed by atoms with van der Waals surface area (Å²) in [5.41, 5.74) is 7.58. The molecule has 0 saturated carbocycles. The van der Waals surface area contributed by atoms with E-state index in [0.717, 1.165) is 6.26 Å². The van der Waals surface area contributed by atoms with Gasteiger partial charge >= 0.3 is 0 Å². The van der Waals surface area contributed by atoms with Crippen LogP contribution < -0.4 is 0 Å². The van der Waals surface area contributed by atoms with Crippen LogP contribution in [0.2, 0.25) is 0 Å². The minimum Gasteiger partial charge on any atom is -0.270 e. The minimum absolute atomic E-state index is 0.211. The molecular weight excluding hydrogens is 248 g/mol. The molecule has 0 aliphatic rings. The molecule has 0 spiro atoms. The van der Waals surface area contributed by atoms with Gasteiger partial charge in [0.05, 0.1) is 12.9 Å². The van der Waals surface area contributed by atoms with Crippen LogP contribution in [-0.4, -0.2) is 21.3 Å². The fraction of sp³-hybridized carbons (Fsp3) is 0.571. The molecule has 1 aromatic rings. The summed E-state index contributed by atoms with van der Waals surface area (Å²) in [6.07, 6.45) is 1.71. The molecule has 0 fully saturated rings. The zero-order chi connectivity index (χ0) is 14.1. The van der Waals surface area contributed by atoms with Crippen molar-refractivity contribution in [2.75, 3.05) is 12.9 Å². The Morgan fingerprint density at radius 3 is 1.61 bits per heavy atom. The molecular formula is C14H22O3S. The average molecular weight is 270 g/mol. The van der Waals surface area contributed by atoms with Crippen LogP contribution in [0.25, 0.3) is 0 Å². The topological polar surface area (TPSA) is 43.4 Å². The van der Waals surface area contributed by atoms with Crippen LogP contribution in [0.15, 0.2) is 0 Å². The standard InChI is InChI=1S/C14H22O3S/c1-9-10(2)12(4)14(13(5)11(9)3)7-8-17-18(6,15)16/h7-8H2,1-6H3. The van der Waals surface area contributed by atoms with Gasteiger partial charge in [0.15, 0.2) is 0 Å². The van der Waals surface area contributed by atoms with Crippen LogP contribution in [0.1, 0.15) is 33.4 Å². The quantitative estimate of drug-likeness (QED) is 0.790. The molecule has 0 bridgehead atoms. The normalized spacial score (nSPS) is 11.9. The molecule has 18 heavy (non-hydrogen) atoms. The Balaban J connectivity index is 3.03. The molecule has 0 saturated heterocycles. The van der Waals surface area contributed by atoms with Gasteiger partial charge in [0.25, 0.3) is 10.1 Å². The van der Waals surface area contributed by atoms with Gasteiger partial charge < -0.3 is 0 Å². The number of hydrogen-bond donors (Lipinski definition) is 0. The third kappa shape index (κ3) is 3.33. The molecule has 0 unspecified atom stereocenters. The highest BCUT2D eigenvalue weighted by Crippen LogP contribution is 2.26. The van der Waals surface area contributed by atoms with Gasteiger partial charge in [-0.1, -0.05) is 0 Å². The molecule has 102 valence electrons. The molecule has 0 heterocycles. The Labute approximate surface area is 110 Å². The van der Waals surface area contributed by atoms with Gasteiger partial charge in [-0.2, -0.15) is 8.42 Å². The lowest BCUT2D eigenvalue weighted by molar-refractivity contribution is 0.325. The van der Waals surface area contributed by atoms with Crippen LogP contribution >= 0.6 is 0 Å². The molecule has 1 aromatic carbocycles. The van der Waals surface area contributed by atoms with Crippen molar-refractivity contribution in [1.82, 2.24) is 0 Å². The van der Waals surface area contributed by atoms with Crippen molar-refractivity contribution in [1.29, 1.82) is 0 Å². The predicted molar refractivity (Wildman–Crippen MR) is 74.6 cm³/mol. The van der Waals surface area contributed by atoms with Gasteiger partial charge in [0.1, 0.15) is 0 Å². The van der Waals surface area contributed by atoms with E-state index in [4.69, 9.17) is 4.18 Å². The predicted octanol–water partition coefficient (Wildman–Crippen LogP) is 2.75. The first-order valence-corrected chi connectivity index (χ1v) is 7.87. The summed E-state index contributed by atoms with van der Waals surface area (Å²) in [6, 6.07) is 0. The summed E-state index contributed by atoms with van der Waals surface area (Å²) < 4.78 is 26.7. The monoisotopic (exact) mass is 270 g/mol. The third-order valence-electron chi connectivity index (χ3n) is 3.80. The maximum atomic E-state index is 11.0. The van der Waals surface area contributed by atoms with E-state index in [-0.39, 0.29) is 6.61 Å². The Morgan fingerprint density at radius 1 is 0.833 bits per heavy atom.